The third-order valence-corrected chi connectivity index (χ3v) is 10.2. The van der Waals surface area contributed by atoms with E-state index < -0.39 is 70.6 Å². The van der Waals surface area contributed by atoms with Crippen LogP contribution in [0.25, 0.3) is 0 Å². The van der Waals surface area contributed by atoms with E-state index in [2.05, 4.69) is 16.6 Å². The first kappa shape index (κ1) is 37.8. The first-order valence-corrected chi connectivity index (χ1v) is 17.9. The van der Waals surface area contributed by atoms with Crippen LogP contribution in [0.2, 0.25) is 0 Å². The van der Waals surface area contributed by atoms with Crippen molar-refractivity contribution < 1.29 is 57.0 Å². The number of hydrogen-bond donors (Lipinski definition) is 4. The molecule has 13 nitrogen and oxygen atoms in total. The summed E-state index contributed by atoms with van der Waals surface area (Å²) in [7, 11) is -0.856. The van der Waals surface area contributed by atoms with Crippen molar-refractivity contribution in [2.45, 2.75) is 55.7 Å². The molecule has 15 heteroatoms. The van der Waals surface area contributed by atoms with Crippen LogP contribution in [0.5, 0.6) is 5.75 Å². The van der Waals surface area contributed by atoms with E-state index in [4.69, 9.17) is 9.47 Å². The molecule has 0 saturated carbocycles. The molecule has 51 heavy (non-hydrogen) atoms. The third-order valence-electron chi connectivity index (χ3n) is 8.94. The molecule has 0 aromatic heterocycles. The minimum absolute atomic E-state index is 0.0126. The number of β-lactam (4-membered cyclic amide) rings is 1. The van der Waals surface area contributed by atoms with Crippen molar-refractivity contribution >= 4 is 27.6 Å². The molecule has 8 atom stereocenters. The second-order valence-electron chi connectivity index (χ2n) is 12.4. The number of amides is 1. The number of esters is 1. The minimum Gasteiger partial charge on any atom is -0.467 e. The van der Waals surface area contributed by atoms with E-state index in [0.29, 0.717) is 28.8 Å². The van der Waals surface area contributed by atoms with Gasteiger partial charge >= 0.3 is 5.97 Å². The molecule has 3 aromatic rings. The Morgan fingerprint density at radius 3 is 2.25 bits per heavy atom. The maximum Gasteiger partial charge on any atom is 0.337 e. The van der Waals surface area contributed by atoms with E-state index >= 15 is 0 Å². The molecule has 2 aliphatic rings. The van der Waals surface area contributed by atoms with Crippen LogP contribution in [-0.4, -0.2) is 103 Å². The van der Waals surface area contributed by atoms with Crippen molar-refractivity contribution in [2.75, 3.05) is 31.9 Å². The van der Waals surface area contributed by atoms with Gasteiger partial charge in [-0.1, -0.05) is 36.1 Å². The maximum absolute atomic E-state index is 13.7. The lowest BCUT2D eigenvalue weighted by Gasteiger charge is -2.48. The molecule has 272 valence electrons. The summed E-state index contributed by atoms with van der Waals surface area (Å²) in [5, 5.41) is 41.7. The summed E-state index contributed by atoms with van der Waals surface area (Å²) in [6, 6.07) is 18.5. The van der Waals surface area contributed by atoms with Gasteiger partial charge in [-0.2, -0.15) is 4.31 Å². The molecule has 2 heterocycles. The number of halogens is 1. The first-order chi connectivity index (χ1) is 24.2. The molecule has 1 unspecified atom stereocenters. The Kier molecular flexibility index (Phi) is 11.8. The fourth-order valence-electron chi connectivity index (χ4n) is 5.90. The highest BCUT2D eigenvalue weighted by Crippen LogP contribution is 2.46. The van der Waals surface area contributed by atoms with Crippen molar-refractivity contribution in [1.29, 1.82) is 0 Å². The summed E-state index contributed by atoms with van der Waals surface area (Å²) < 4.78 is 53.6. The standard InChI is InChI=1S/C36H39FN2O11S/c1-38(51(3,46)47)20-4-5-21-6-14-25(15-7-21)39-29(27(34(39)44)18-19-28(40)22-8-12-24(37)13-9-22)23-10-16-26(17-11-23)49-36-32(43)30(41)31(42)33(50-36)35(45)48-2/h6-17,27-33,36,40-43H,18-20H2,1-3H3/t27-,28+,29?,30+,31+,32-,33+,36-/m1/s1. The van der Waals surface area contributed by atoms with Gasteiger partial charge in [0.1, 0.15) is 29.9 Å². The molecule has 2 saturated heterocycles. The van der Waals surface area contributed by atoms with E-state index in [0.717, 1.165) is 17.7 Å². The van der Waals surface area contributed by atoms with Gasteiger partial charge in [-0.05, 0) is 72.5 Å². The van der Waals surface area contributed by atoms with Crippen LogP contribution in [0.1, 0.15) is 41.7 Å². The van der Waals surface area contributed by atoms with Crippen LogP contribution in [0.15, 0.2) is 72.8 Å². The predicted octanol–water partition coefficient (Wildman–Crippen LogP) is 1.65. The first-order valence-electron chi connectivity index (χ1n) is 16.0. The Morgan fingerprint density at radius 1 is 1.00 bits per heavy atom. The molecule has 3 aromatic carbocycles. The summed E-state index contributed by atoms with van der Waals surface area (Å²) >= 11 is 0. The van der Waals surface area contributed by atoms with E-state index in [1.54, 1.807) is 53.4 Å². The van der Waals surface area contributed by atoms with Crippen LogP contribution >= 0.6 is 0 Å². The lowest BCUT2D eigenvalue weighted by Crippen LogP contribution is -2.61. The van der Waals surface area contributed by atoms with Crippen LogP contribution in [0.3, 0.4) is 0 Å². The van der Waals surface area contributed by atoms with Gasteiger partial charge in [0.2, 0.25) is 22.2 Å². The van der Waals surface area contributed by atoms with E-state index in [-0.39, 0.29) is 24.6 Å². The second-order valence-corrected chi connectivity index (χ2v) is 14.5. The molecular weight excluding hydrogens is 687 g/mol. The Hall–Kier alpha value is -4.40. The quantitative estimate of drug-likeness (QED) is 0.128. The number of carbonyl (C=O) groups is 2. The average molecular weight is 727 g/mol. The average Bonchev–Trinajstić information content (AvgIpc) is 3.11. The van der Waals surface area contributed by atoms with Crippen molar-refractivity contribution in [3.05, 3.63) is 95.3 Å². The Bertz CT molecular complexity index is 1860. The van der Waals surface area contributed by atoms with Crippen LogP contribution in [0.4, 0.5) is 10.1 Å². The number of rotatable bonds is 11. The van der Waals surface area contributed by atoms with Gasteiger partial charge < -0.3 is 39.5 Å². The molecule has 0 aliphatic carbocycles. The van der Waals surface area contributed by atoms with Gasteiger partial charge in [-0.15, -0.1) is 0 Å². The van der Waals surface area contributed by atoms with Crippen LogP contribution < -0.4 is 9.64 Å². The van der Waals surface area contributed by atoms with E-state index in [1.807, 2.05) is 0 Å². The molecule has 0 radical (unpaired) electrons. The molecule has 5 rings (SSSR count). The Morgan fingerprint density at radius 2 is 1.65 bits per heavy atom. The Labute approximate surface area is 294 Å². The topological polar surface area (TPSA) is 183 Å². The zero-order valence-electron chi connectivity index (χ0n) is 28.0. The van der Waals surface area contributed by atoms with Gasteiger partial charge in [-0.25, -0.2) is 17.6 Å². The number of aliphatic hydroxyl groups is 4. The molecule has 0 spiro atoms. The van der Waals surface area contributed by atoms with E-state index in [9.17, 15) is 42.8 Å². The normalized spacial score (nSPS) is 25.4. The molecule has 2 aliphatic heterocycles. The Balaban J connectivity index is 1.35. The van der Waals surface area contributed by atoms with Gasteiger partial charge in [0.05, 0.1) is 38.0 Å². The zero-order chi connectivity index (χ0) is 37.0. The largest absolute Gasteiger partial charge is 0.467 e. The second kappa shape index (κ2) is 15.9. The number of carbonyl (C=O) groups excluding carboxylic acids is 2. The van der Waals surface area contributed by atoms with Crippen molar-refractivity contribution in [3.63, 3.8) is 0 Å². The molecule has 0 bridgehead atoms. The summed E-state index contributed by atoms with van der Waals surface area (Å²) in [6.07, 6.45) is -7.58. The third kappa shape index (κ3) is 8.57. The molecule has 2 fully saturated rings. The zero-order valence-corrected chi connectivity index (χ0v) is 28.8. The lowest BCUT2D eigenvalue weighted by molar-refractivity contribution is -0.271. The van der Waals surface area contributed by atoms with Gasteiger partial charge in [0.25, 0.3) is 0 Å². The van der Waals surface area contributed by atoms with Gasteiger partial charge in [-0.3, -0.25) is 4.79 Å². The van der Waals surface area contributed by atoms with Gasteiger partial charge in [0, 0.05) is 18.3 Å². The maximum atomic E-state index is 13.7. The minimum atomic E-state index is -3.37. The van der Waals surface area contributed by atoms with Crippen molar-refractivity contribution in [2.24, 2.45) is 5.92 Å². The number of ether oxygens (including phenoxy) is 3. The highest BCUT2D eigenvalue weighted by atomic mass is 32.2. The SMILES string of the molecule is COC(=O)[C@H]1O[C@@H](Oc2ccc(C3[C@@H](CC[C@H](O)c4ccc(F)cc4)C(=O)N3c3ccc(C#CCN(C)S(C)(=O)=O)cc3)cc2)[C@H](O)[C@@H](O)[C@@H]1O. The van der Waals surface area contributed by atoms with Crippen LogP contribution in [-0.2, 0) is 29.1 Å². The number of nitrogens with zero attached hydrogens (tertiary/aromatic N) is 2. The lowest BCUT2D eigenvalue weighted by atomic mass is 9.78. The van der Waals surface area contributed by atoms with Crippen molar-refractivity contribution in [1.82, 2.24) is 4.31 Å². The number of methoxy groups -OCH3 is 1. The number of sulfonamides is 1. The highest BCUT2D eigenvalue weighted by Gasteiger charge is 2.50. The van der Waals surface area contributed by atoms with E-state index in [1.165, 1.54) is 31.3 Å². The summed E-state index contributed by atoms with van der Waals surface area (Å²) in [5.74, 6) is 3.84. The highest BCUT2D eigenvalue weighted by molar-refractivity contribution is 7.88. The smallest absolute Gasteiger partial charge is 0.337 e. The molecular formula is C36H39FN2O11S. The van der Waals surface area contributed by atoms with Gasteiger partial charge in [0.15, 0.2) is 6.10 Å². The predicted molar refractivity (Wildman–Crippen MR) is 181 cm³/mol. The number of benzene rings is 3. The van der Waals surface area contributed by atoms with Crippen molar-refractivity contribution in [3.8, 4) is 17.6 Å². The summed E-state index contributed by atoms with van der Waals surface area (Å²) in [4.78, 5) is 27.3. The summed E-state index contributed by atoms with van der Waals surface area (Å²) in [5.41, 5.74) is 2.44. The number of aliphatic hydroxyl groups excluding tert-OH is 4. The summed E-state index contributed by atoms with van der Waals surface area (Å²) in [6.45, 7) is 0.0126. The fourth-order valence-corrected chi connectivity index (χ4v) is 6.20. The number of anilines is 1. The fraction of sp³-hybridized carbons (Fsp3) is 0.389. The van der Waals surface area contributed by atoms with Crippen LogP contribution in [0, 0.1) is 23.6 Å². The number of hydrogen-bond acceptors (Lipinski definition) is 11. The molecule has 4 N–H and O–H groups in total. The molecule has 1 amide bonds. The monoisotopic (exact) mass is 726 g/mol.